The minimum atomic E-state index is 0.0499. The van der Waals surface area contributed by atoms with E-state index in [-0.39, 0.29) is 5.91 Å². The number of amides is 1. The summed E-state index contributed by atoms with van der Waals surface area (Å²) in [6, 6.07) is 12.2. The third kappa shape index (κ3) is 3.46. The van der Waals surface area contributed by atoms with E-state index >= 15 is 0 Å². The molecule has 3 atom stereocenters. The van der Waals surface area contributed by atoms with E-state index in [1.54, 1.807) is 11.8 Å². The lowest BCUT2D eigenvalue weighted by atomic mass is 9.96. The Hall–Kier alpha value is -1.72. The molecule has 0 spiro atoms. The number of hydrogen-bond acceptors (Lipinski definition) is 3. The van der Waals surface area contributed by atoms with Gasteiger partial charge < -0.3 is 15.2 Å². The van der Waals surface area contributed by atoms with Crippen molar-refractivity contribution in [1.29, 1.82) is 0 Å². The number of nitrogens with one attached hydrogen (secondary N) is 2. The number of carbonyl (C=O) groups excluding carboxylic acids is 1. The Balaban J connectivity index is 1.36. The van der Waals surface area contributed by atoms with Crippen LogP contribution >= 0.6 is 11.8 Å². The molecule has 120 valence electrons. The lowest BCUT2D eigenvalue weighted by Crippen LogP contribution is -2.47. The summed E-state index contributed by atoms with van der Waals surface area (Å²) in [7, 11) is 0. The number of nitrogens with zero attached hydrogens (tertiary/aromatic N) is 1. The van der Waals surface area contributed by atoms with Gasteiger partial charge in [0.1, 0.15) is 0 Å². The zero-order valence-corrected chi connectivity index (χ0v) is 13.8. The van der Waals surface area contributed by atoms with Crippen molar-refractivity contribution in [3.8, 4) is 0 Å². The van der Waals surface area contributed by atoms with E-state index in [9.17, 15) is 4.79 Å². The fraction of sp³-hybridized carbons (Fsp3) is 0.389. The van der Waals surface area contributed by atoms with Crippen molar-refractivity contribution in [1.82, 2.24) is 15.2 Å². The minimum absolute atomic E-state index is 0.0499. The first-order chi connectivity index (χ1) is 11.3. The highest BCUT2D eigenvalue weighted by atomic mass is 32.2. The monoisotopic (exact) mass is 327 g/mol. The van der Waals surface area contributed by atoms with Crippen LogP contribution < -0.4 is 5.32 Å². The van der Waals surface area contributed by atoms with E-state index in [1.807, 2.05) is 42.6 Å². The highest BCUT2D eigenvalue weighted by Crippen LogP contribution is 2.28. The number of H-pyrrole nitrogens is 1. The van der Waals surface area contributed by atoms with Crippen molar-refractivity contribution in [2.45, 2.75) is 28.8 Å². The van der Waals surface area contributed by atoms with Crippen LogP contribution in [0.15, 0.2) is 52.5 Å². The number of benzene rings is 1. The average Bonchev–Trinajstić information content (AvgIpc) is 3.18. The maximum atomic E-state index is 12.4. The number of aromatic nitrogens is 1. The first-order valence-corrected chi connectivity index (χ1v) is 9.02. The molecule has 5 heteroatoms. The van der Waals surface area contributed by atoms with Crippen LogP contribution in [0.4, 0.5) is 0 Å². The predicted molar refractivity (Wildman–Crippen MR) is 91.8 cm³/mol. The number of rotatable bonds is 4. The van der Waals surface area contributed by atoms with Gasteiger partial charge in [-0.2, -0.15) is 0 Å². The van der Waals surface area contributed by atoms with Crippen LogP contribution in [-0.4, -0.2) is 41.5 Å². The molecule has 3 heterocycles. The molecule has 2 aromatic rings. The number of piperidine rings is 1. The number of aromatic amines is 1. The lowest BCUT2D eigenvalue weighted by molar-refractivity contribution is 0.0909. The summed E-state index contributed by atoms with van der Waals surface area (Å²) in [5.41, 5.74) is 0.744. The highest BCUT2D eigenvalue weighted by molar-refractivity contribution is 7.99. The standard InChI is InChI=1S/C18H21N3OS/c22-18(20-15-10-13-7-9-21(11-13)12-15)14-3-5-16(6-4-14)23-17-2-1-8-19-17/h1-6,8,13,15,19H,7,9-12H2,(H,20,22). The molecular weight excluding hydrogens is 306 g/mol. The van der Waals surface area contributed by atoms with Gasteiger partial charge in [0.15, 0.2) is 0 Å². The van der Waals surface area contributed by atoms with Crippen molar-refractivity contribution >= 4 is 17.7 Å². The van der Waals surface area contributed by atoms with Crippen LogP contribution in [0.5, 0.6) is 0 Å². The first-order valence-electron chi connectivity index (χ1n) is 8.21. The quantitative estimate of drug-likeness (QED) is 0.907. The van der Waals surface area contributed by atoms with Crippen molar-refractivity contribution in [2.75, 3.05) is 19.6 Å². The van der Waals surface area contributed by atoms with Gasteiger partial charge in [0, 0.05) is 35.8 Å². The Morgan fingerprint density at radius 2 is 2.09 bits per heavy atom. The van der Waals surface area contributed by atoms with Crippen LogP contribution in [-0.2, 0) is 0 Å². The molecule has 3 unspecified atom stereocenters. The Labute approximate surface area is 140 Å². The minimum Gasteiger partial charge on any atom is -0.356 e. The first kappa shape index (κ1) is 14.8. The van der Waals surface area contributed by atoms with Gasteiger partial charge in [-0.05, 0) is 61.7 Å². The van der Waals surface area contributed by atoms with E-state index < -0.39 is 0 Å². The molecule has 23 heavy (non-hydrogen) atoms. The Morgan fingerprint density at radius 3 is 2.83 bits per heavy atom. The second kappa shape index (κ2) is 6.42. The van der Waals surface area contributed by atoms with Crippen LogP contribution in [0, 0.1) is 5.92 Å². The second-order valence-corrected chi connectivity index (χ2v) is 7.60. The van der Waals surface area contributed by atoms with E-state index in [4.69, 9.17) is 0 Å². The number of hydrogen-bond donors (Lipinski definition) is 2. The van der Waals surface area contributed by atoms with Crippen molar-refractivity contribution in [3.05, 3.63) is 48.2 Å². The van der Waals surface area contributed by atoms with Crippen molar-refractivity contribution in [3.63, 3.8) is 0 Å². The van der Waals surface area contributed by atoms with Crippen molar-refractivity contribution in [2.24, 2.45) is 5.92 Å². The SMILES string of the molecule is O=C(NC1CC2CCN(C2)C1)c1ccc(Sc2ccc[nH]2)cc1. The highest BCUT2D eigenvalue weighted by Gasteiger charge is 2.32. The van der Waals surface area contributed by atoms with Gasteiger partial charge in [0.25, 0.3) is 5.91 Å². The molecule has 2 fully saturated rings. The summed E-state index contributed by atoms with van der Waals surface area (Å²) in [5.74, 6) is 0.822. The van der Waals surface area contributed by atoms with Crippen LogP contribution in [0.3, 0.4) is 0 Å². The van der Waals surface area contributed by atoms with Gasteiger partial charge in [-0.1, -0.05) is 11.8 Å². The summed E-state index contributed by atoms with van der Waals surface area (Å²) < 4.78 is 0. The molecule has 2 saturated heterocycles. The molecule has 0 aliphatic carbocycles. The predicted octanol–water partition coefficient (Wildman–Crippen LogP) is 2.99. The molecule has 4 rings (SSSR count). The van der Waals surface area contributed by atoms with E-state index in [1.165, 1.54) is 19.5 Å². The van der Waals surface area contributed by atoms with Gasteiger partial charge in [-0.25, -0.2) is 0 Å². The van der Waals surface area contributed by atoms with Gasteiger partial charge in [0.2, 0.25) is 0 Å². The Bertz CT molecular complexity index is 656. The van der Waals surface area contributed by atoms with Crippen LogP contribution in [0.25, 0.3) is 0 Å². The maximum absolute atomic E-state index is 12.4. The third-order valence-electron chi connectivity index (χ3n) is 4.72. The number of fused-ring (bicyclic) bond motifs is 2. The third-order valence-corrected chi connectivity index (χ3v) is 5.70. The molecule has 2 aliphatic rings. The normalized spacial score (nSPS) is 26.2. The van der Waals surface area contributed by atoms with Gasteiger partial charge in [-0.3, -0.25) is 4.79 Å². The van der Waals surface area contributed by atoms with Gasteiger partial charge >= 0.3 is 0 Å². The molecule has 4 nitrogen and oxygen atoms in total. The summed E-state index contributed by atoms with van der Waals surface area (Å²) in [6.07, 6.45) is 4.33. The second-order valence-electron chi connectivity index (χ2n) is 6.48. The topological polar surface area (TPSA) is 48.1 Å². The molecule has 2 N–H and O–H groups in total. The summed E-state index contributed by atoms with van der Waals surface area (Å²) >= 11 is 1.67. The molecule has 0 radical (unpaired) electrons. The molecule has 0 saturated carbocycles. The largest absolute Gasteiger partial charge is 0.356 e. The summed E-state index contributed by atoms with van der Waals surface area (Å²) in [6.45, 7) is 3.42. The van der Waals surface area contributed by atoms with Crippen LogP contribution in [0.1, 0.15) is 23.2 Å². The Morgan fingerprint density at radius 1 is 1.22 bits per heavy atom. The lowest BCUT2D eigenvalue weighted by Gasteiger charge is -2.30. The molecular formula is C18H21N3OS. The zero-order chi connectivity index (χ0) is 15.6. The van der Waals surface area contributed by atoms with Gasteiger partial charge in [0.05, 0.1) is 5.03 Å². The molecule has 1 aromatic heterocycles. The summed E-state index contributed by atoms with van der Waals surface area (Å²) in [5, 5.41) is 4.31. The summed E-state index contributed by atoms with van der Waals surface area (Å²) in [4.78, 5) is 19.2. The zero-order valence-electron chi connectivity index (χ0n) is 13.0. The fourth-order valence-electron chi connectivity index (χ4n) is 3.61. The molecule has 2 bridgehead atoms. The van der Waals surface area contributed by atoms with E-state index in [2.05, 4.69) is 15.2 Å². The molecule has 2 aliphatic heterocycles. The van der Waals surface area contributed by atoms with E-state index in [0.717, 1.165) is 34.4 Å². The van der Waals surface area contributed by atoms with E-state index in [0.29, 0.717) is 6.04 Å². The Kier molecular flexibility index (Phi) is 4.14. The number of carbonyl (C=O) groups is 1. The maximum Gasteiger partial charge on any atom is 0.251 e. The van der Waals surface area contributed by atoms with Crippen LogP contribution in [0.2, 0.25) is 0 Å². The molecule has 1 amide bonds. The average molecular weight is 327 g/mol. The molecule has 1 aromatic carbocycles. The van der Waals surface area contributed by atoms with Gasteiger partial charge in [-0.15, -0.1) is 0 Å². The smallest absolute Gasteiger partial charge is 0.251 e. The fourth-order valence-corrected chi connectivity index (χ4v) is 4.41. The van der Waals surface area contributed by atoms with Crippen molar-refractivity contribution < 1.29 is 4.79 Å².